The average Bonchev–Trinajstić information content (AvgIpc) is 2.96. The summed E-state index contributed by atoms with van der Waals surface area (Å²) >= 11 is 0. The number of tetrazole rings is 1. The van der Waals surface area contributed by atoms with Gasteiger partial charge in [0.25, 0.3) is 5.91 Å². The van der Waals surface area contributed by atoms with Gasteiger partial charge in [-0.1, -0.05) is 26.0 Å². The fourth-order valence-electron chi connectivity index (χ4n) is 1.64. The fraction of sp³-hybridized carbons (Fsp3) is 0.417. The van der Waals surface area contributed by atoms with E-state index in [9.17, 15) is 4.79 Å². The third-order valence-electron chi connectivity index (χ3n) is 2.80. The first-order chi connectivity index (χ1) is 9.90. The zero-order valence-corrected chi connectivity index (χ0v) is 12.1. The Hall–Kier alpha value is -2.55. The number of nitrogens with two attached hydrogens (primary N) is 1. The molecule has 9 heteroatoms. The molecular formula is C12H18N8O. The first-order valence-corrected chi connectivity index (χ1v) is 6.40. The van der Waals surface area contributed by atoms with Gasteiger partial charge in [-0.3, -0.25) is 4.79 Å². The van der Waals surface area contributed by atoms with Gasteiger partial charge >= 0.3 is 0 Å². The third-order valence-corrected chi connectivity index (χ3v) is 2.80. The molecular weight excluding hydrogens is 272 g/mol. The highest BCUT2D eigenvalue weighted by atomic mass is 16.1. The van der Waals surface area contributed by atoms with Crippen LogP contribution in [0.25, 0.3) is 0 Å². The van der Waals surface area contributed by atoms with Crippen LogP contribution in [0.4, 0.5) is 5.82 Å². The van der Waals surface area contributed by atoms with Crippen LogP contribution in [0.5, 0.6) is 0 Å². The Kier molecular flexibility index (Phi) is 4.13. The van der Waals surface area contributed by atoms with Crippen LogP contribution in [0, 0.1) is 0 Å². The molecule has 0 saturated heterocycles. The van der Waals surface area contributed by atoms with E-state index >= 15 is 0 Å². The summed E-state index contributed by atoms with van der Waals surface area (Å²) in [6, 6.07) is 3.33. The van der Waals surface area contributed by atoms with E-state index in [-0.39, 0.29) is 17.9 Å². The number of carbonyl (C=O) groups excluding carboxylic acids is 1. The zero-order valence-electron chi connectivity index (χ0n) is 12.1. The third kappa shape index (κ3) is 3.72. The van der Waals surface area contributed by atoms with Crippen LogP contribution < -0.4 is 16.6 Å². The van der Waals surface area contributed by atoms with Gasteiger partial charge in [0.1, 0.15) is 5.82 Å². The first kappa shape index (κ1) is 14.9. The van der Waals surface area contributed by atoms with Crippen molar-refractivity contribution >= 4 is 11.7 Å². The van der Waals surface area contributed by atoms with Gasteiger partial charge < -0.3 is 10.7 Å². The number of hydrazine groups is 1. The summed E-state index contributed by atoms with van der Waals surface area (Å²) in [6.45, 7) is 6.22. The predicted octanol–water partition coefficient (Wildman–Crippen LogP) is 0.108. The van der Waals surface area contributed by atoms with Crippen molar-refractivity contribution in [3.05, 3.63) is 29.2 Å². The molecule has 0 aromatic carbocycles. The van der Waals surface area contributed by atoms with Crippen molar-refractivity contribution < 1.29 is 4.79 Å². The minimum Gasteiger partial charge on any atom is -0.345 e. The van der Waals surface area contributed by atoms with E-state index < -0.39 is 0 Å². The lowest BCUT2D eigenvalue weighted by atomic mass is 9.90. The molecule has 0 atom stereocenters. The predicted molar refractivity (Wildman–Crippen MR) is 76.1 cm³/mol. The van der Waals surface area contributed by atoms with E-state index in [1.807, 2.05) is 20.8 Å². The number of amides is 1. The van der Waals surface area contributed by atoms with E-state index in [1.165, 1.54) is 0 Å². The van der Waals surface area contributed by atoms with Gasteiger partial charge in [0, 0.05) is 16.7 Å². The van der Waals surface area contributed by atoms with Crippen LogP contribution in [0.3, 0.4) is 0 Å². The standard InChI is InChI=1S/C12H18N8O/c1-12(2,3)8-4-7(5-9(15-8)16-13)11(21)14-6-10-17-19-20-18-10/h4-5H,6,13H2,1-3H3,(H,14,21)(H,15,16)(H,17,18,19,20). The number of pyridine rings is 1. The molecule has 0 radical (unpaired) electrons. The fourth-order valence-corrected chi connectivity index (χ4v) is 1.64. The van der Waals surface area contributed by atoms with Gasteiger partial charge in [-0.15, -0.1) is 10.2 Å². The Morgan fingerprint density at radius 3 is 2.71 bits per heavy atom. The number of aromatic nitrogens is 5. The van der Waals surface area contributed by atoms with Crippen LogP contribution in [-0.4, -0.2) is 31.5 Å². The van der Waals surface area contributed by atoms with Gasteiger partial charge in [-0.05, 0) is 12.1 Å². The number of nitrogens with one attached hydrogen (secondary N) is 3. The summed E-state index contributed by atoms with van der Waals surface area (Å²) in [5.41, 5.74) is 3.51. The van der Waals surface area contributed by atoms with Crippen molar-refractivity contribution in [3.63, 3.8) is 0 Å². The summed E-state index contributed by atoms with van der Waals surface area (Å²) in [4.78, 5) is 16.6. The molecule has 0 saturated carbocycles. The van der Waals surface area contributed by atoms with Gasteiger partial charge in [-0.2, -0.15) is 5.21 Å². The minimum atomic E-state index is -0.260. The summed E-state index contributed by atoms with van der Waals surface area (Å²) in [7, 11) is 0. The maximum Gasteiger partial charge on any atom is 0.251 e. The number of hydrogen-bond acceptors (Lipinski definition) is 7. The number of anilines is 1. The molecule has 21 heavy (non-hydrogen) atoms. The number of nitrogens with zero attached hydrogens (tertiary/aromatic N) is 4. The van der Waals surface area contributed by atoms with Crippen LogP contribution in [0.1, 0.15) is 42.6 Å². The van der Waals surface area contributed by atoms with E-state index in [0.717, 1.165) is 5.69 Å². The van der Waals surface area contributed by atoms with Gasteiger partial charge in [0.2, 0.25) is 0 Å². The molecule has 112 valence electrons. The highest BCUT2D eigenvalue weighted by Crippen LogP contribution is 2.23. The Morgan fingerprint density at radius 1 is 1.38 bits per heavy atom. The molecule has 5 N–H and O–H groups in total. The molecule has 0 aliphatic carbocycles. The van der Waals surface area contributed by atoms with Crippen molar-refractivity contribution in [2.75, 3.05) is 5.43 Å². The van der Waals surface area contributed by atoms with Crippen LogP contribution in [-0.2, 0) is 12.0 Å². The molecule has 1 amide bonds. The normalized spacial score (nSPS) is 11.2. The second-order valence-electron chi connectivity index (χ2n) is 5.53. The topological polar surface area (TPSA) is 134 Å². The molecule has 0 spiro atoms. The summed E-state index contributed by atoms with van der Waals surface area (Å²) in [6.07, 6.45) is 0. The Labute approximate surface area is 121 Å². The average molecular weight is 290 g/mol. The number of nitrogen functional groups attached to an aromatic ring is 1. The van der Waals surface area contributed by atoms with Crippen molar-refractivity contribution in [1.82, 2.24) is 30.9 Å². The van der Waals surface area contributed by atoms with Gasteiger partial charge in [0.15, 0.2) is 5.82 Å². The van der Waals surface area contributed by atoms with E-state index in [1.54, 1.807) is 12.1 Å². The van der Waals surface area contributed by atoms with Crippen LogP contribution >= 0.6 is 0 Å². The second kappa shape index (κ2) is 5.83. The maximum atomic E-state index is 12.2. The molecule has 2 rings (SSSR count). The van der Waals surface area contributed by atoms with Crippen molar-refractivity contribution in [2.45, 2.75) is 32.7 Å². The van der Waals surface area contributed by atoms with E-state index in [2.05, 4.69) is 36.4 Å². The quantitative estimate of drug-likeness (QED) is 0.463. The first-order valence-electron chi connectivity index (χ1n) is 6.40. The van der Waals surface area contributed by atoms with Crippen molar-refractivity contribution in [1.29, 1.82) is 0 Å². The molecule has 0 aliphatic heterocycles. The second-order valence-corrected chi connectivity index (χ2v) is 5.53. The SMILES string of the molecule is CC(C)(C)c1cc(C(=O)NCc2nn[nH]n2)cc(NN)n1. The molecule has 0 fully saturated rings. The Bertz CT molecular complexity index is 617. The highest BCUT2D eigenvalue weighted by Gasteiger charge is 2.19. The molecule has 2 aromatic heterocycles. The van der Waals surface area contributed by atoms with Crippen molar-refractivity contribution in [3.8, 4) is 0 Å². The molecule has 9 nitrogen and oxygen atoms in total. The Morgan fingerprint density at radius 2 is 2.14 bits per heavy atom. The van der Waals surface area contributed by atoms with Crippen molar-refractivity contribution in [2.24, 2.45) is 5.84 Å². The Balaban J connectivity index is 2.19. The minimum absolute atomic E-state index is 0.188. The molecule has 0 bridgehead atoms. The zero-order chi connectivity index (χ0) is 15.5. The van der Waals surface area contributed by atoms with E-state index in [0.29, 0.717) is 17.2 Å². The van der Waals surface area contributed by atoms with Crippen LogP contribution in [0.15, 0.2) is 12.1 Å². The summed E-state index contributed by atoms with van der Waals surface area (Å²) in [5, 5.41) is 16.0. The number of hydrogen-bond donors (Lipinski definition) is 4. The van der Waals surface area contributed by atoms with Crippen LogP contribution in [0.2, 0.25) is 0 Å². The number of carbonyl (C=O) groups is 1. The lowest BCUT2D eigenvalue weighted by molar-refractivity contribution is 0.0949. The lowest BCUT2D eigenvalue weighted by Crippen LogP contribution is -2.25. The smallest absolute Gasteiger partial charge is 0.251 e. The highest BCUT2D eigenvalue weighted by molar-refractivity contribution is 5.95. The number of H-pyrrole nitrogens is 1. The molecule has 2 aromatic rings. The summed E-state index contributed by atoms with van der Waals surface area (Å²) in [5.74, 6) is 5.99. The van der Waals surface area contributed by atoms with E-state index in [4.69, 9.17) is 5.84 Å². The largest absolute Gasteiger partial charge is 0.345 e. The molecule has 0 unspecified atom stereocenters. The molecule has 2 heterocycles. The van der Waals surface area contributed by atoms with Gasteiger partial charge in [-0.25, -0.2) is 10.8 Å². The molecule has 0 aliphatic rings. The lowest BCUT2D eigenvalue weighted by Gasteiger charge is -2.19. The maximum absolute atomic E-state index is 12.2. The summed E-state index contributed by atoms with van der Waals surface area (Å²) < 4.78 is 0. The van der Waals surface area contributed by atoms with Gasteiger partial charge in [0.05, 0.1) is 6.54 Å². The monoisotopic (exact) mass is 290 g/mol. The number of rotatable bonds is 4. The number of aromatic amines is 1.